The van der Waals surface area contributed by atoms with Gasteiger partial charge in [0.05, 0.1) is 12.6 Å². The molecule has 27 heavy (non-hydrogen) atoms. The van der Waals surface area contributed by atoms with Crippen LogP contribution in [0.15, 0.2) is 11.0 Å². The summed E-state index contributed by atoms with van der Waals surface area (Å²) in [4.78, 5) is 25.7. The molecule has 0 saturated carbocycles. The summed E-state index contributed by atoms with van der Waals surface area (Å²) in [7, 11) is 0. The Hall–Kier alpha value is -1.09. The van der Waals surface area contributed by atoms with Crippen LogP contribution in [0.4, 0.5) is 0 Å². The molecule has 1 aliphatic rings. The van der Waals surface area contributed by atoms with E-state index in [1.54, 1.807) is 0 Å². The Balaban J connectivity index is 2.21. The van der Waals surface area contributed by atoms with Crippen molar-refractivity contribution < 1.29 is 19.7 Å². The average Bonchev–Trinajstić information content (AvgIpc) is 2.82. The summed E-state index contributed by atoms with van der Waals surface area (Å²) in [6.07, 6.45) is 3.41. The van der Waals surface area contributed by atoms with E-state index < -0.39 is 31.4 Å². The summed E-state index contributed by atoms with van der Waals surface area (Å²) < 4.78 is 7.41. The summed E-state index contributed by atoms with van der Waals surface area (Å²) >= 11 is 5.20. The van der Waals surface area contributed by atoms with E-state index in [2.05, 4.69) is 29.9 Å². The SMILES string of the molecule is C=P(C)(C)CC[C@H]1OC(n2cc(CNCC(C)=O)c(=O)[nH]c2=S)[C@H](O)[C@@H]1O. The van der Waals surface area contributed by atoms with Crippen LogP contribution in [0.5, 0.6) is 0 Å². The van der Waals surface area contributed by atoms with Crippen LogP contribution in [0.25, 0.3) is 0 Å². The predicted molar refractivity (Wildman–Crippen MR) is 110 cm³/mol. The van der Waals surface area contributed by atoms with Crippen LogP contribution in [-0.2, 0) is 16.1 Å². The maximum Gasteiger partial charge on any atom is 0.256 e. The molecular formula is C17H28N3O5PS. The number of nitrogens with one attached hydrogen (secondary N) is 2. The van der Waals surface area contributed by atoms with E-state index in [1.807, 2.05) is 0 Å². The van der Waals surface area contributed by atoms with E-state index in [4.69, 9.17) is 17.0 Å². The summed E-state index contributed by atoms with van der Waals surface area (Å²) in [5.41, 5.74) is -0.0242. The Morgan fingerprint density at radius 3 is 2.70 bits per heavy atom. The molecule has 10 heteroatoms. The zero-order valence-electron chi connectivity index (χ0n) is 15.8. The van der Waals surface area contributed by atoms with Gasteiger partial charge in [0.15, 0.2) is 11.0 Å². The normalized spacial score (nSPS) is 25.7. The molecule has 0 amide bonds. The van der Waals surface area contributed by atoms with Gasteiger partial charge in [-0.05, 0) is 45.1 Å². The first-order valence-corrected chi connectivity index (χ1v) is 12.2. The van der Waals surface area contributed by atoms with Crippen molar-refractivity contribution in [2.75, 3.05) is 26.0 Å². The average molecular weight is 417 g/mol. The first kappa shape index (κ1) is 22.2. The van der Waals surface area contributed by atoms with Gasteiger partial charge in [-0.3, -0.25) is 19.1 Å². The molecule has 0 spiro atoms. The van der Waals surface area contributed by atoms with Crippen molar-refractivity contribution in [2.24, 2.45) is 0 Å². The Morgan fingerprint density at radius 2 is 2.11 bits per heavy atom. The number of aromatic nitrogens is 2. The Kier molecular flexibility index (Phi) is 7.35. The monoisotopic (exact) mass is 417 g/mol. The number of rotatable bonds is 8. The lowest BCUT2D eigenvalue weighted by atomic mass is 10.1. The molecule has 1 aromatic rings. The van der Waals surface area contributed by atoms with Crippen LogP contribution >= 0.6 is 19.1 Å². The second-order valence-electron chi connectivity index (χ2n) is 7.62. The molecule has 2 rings (SSSR count). The van der Waals surface area contributed by atoms with Crippen molar-refractivity contribution in [1.82, 2.24) is 14.9 Å². The van der Waals surface area contributed by atoms with Crippen LogP contribution < -0.4 is 10.9 Å². The van der Waals surface area contributed by atoms with E-state index in [9.17, 15) is 19.8 Å². The topological polar surface area (TPSA) is 117 Å². The molecule has 1 fully saturated rings. The second kappa shape index (κ2) is 8.94. The molecule has 4 atom stereocenters. The lowest BCUT2D eigenvalue weighted by Gasteiger charge is -2.20. The first-order chi connectivity index (χ1) is 12.5. The quantitative estimate of drug-likeness (QED) is 0.355. The molecule has 1 aromatic heterocycles. The number of ether oxygens (including phenoxy) is 1. The van der Waals surface area contributed by atoms with Gasteiger partial charge in [0.1, 0.15) is 18.0 Å². The molecule has 0 aromatic carbocycles. The summed E-state index contributed by atoms with van der Waals surface area (Å²) in [5, 5.41) is 23.7. The predicted octanol–water partition coefficient (Wildman–Crippen LogP) is 0.303. The highest BCUT2D eigenvalue weighted by molar-refractivity contribution is 7.72. The molecule has 4 N–H and O–H groups in total. The molecular weight excluding hydrogens is 389 g/mol. The van der Waals surface area contributed by atoms with Crippen molar-refractivity contribution in [1.29, 1.82) is 0 Å². The number of aliphatic hydroxyl groups excluding tert-OH is 2. The fourth-order valence-electron chi connectivity index (χ4n) is 2.89. The van der Waals surface area contributed by atoms with Crippen molar-refractivity contribution in [3.63, 3.8) is 0 Å². The van der Waals surface area contributed by atoms with Crippen LogP contribution in [0.1, 0.15) is 25.1 Å². The van der Waals surface area contributed by atoms with Gasteiger partial charge in [0.2, 0.25) is 0 Å². The van der Waals surface area contributed by atoms with E-state index in [0.29, 0.717) is 12.0 Å². The molecule has 2 heterocycles. The Bertz CT molecular complexity index is 846. The molecule has 0 aliphatic carbocycles. The summed E-state index contributed by atoms with van der Waals surface area (Å²) in [5.74, 6) is -0.0455. The highest BCUT2D eigenvalue weighted by Gasteiger charge is 2.43. The van der Waals surface area contributed by atoms with E-state index in [-0.39, 0.29) is 29.2 Å². The van der Waals surface area contributed by atoms with E-state index >= 15 is 0 Å². The number of aromatic amines is 1. The first-order valence-electron chi connectivity index (χ1n) is 8.73. The molecule has 8 nitrogen and oxygen atoms in total. The van der Waals surface area contributed by atoms with Gasteiger partial charge in [0.25, 0.3) is 5.56 Å². The smallest absolute Gasteiger partial charge is 0.256 e. The number of nitrogens with zero attached hydrogens (tertiary/aromatic N) is 1. The Labute approximate surface area is 163 Å². The number of carbonyl (C=O) groups excluding carboxylic acids is 1. The van der Waals surface area contributed by atoms with Gasteiger partial charge in [-0.1, -0.05) is 0 Å². The van der Waals surface area contributed by atoms with Gasteiger partial charge in [0, 0.05) is 18.3 Å². The van der Waals surface area contributed by atoms with Gasteiger partial charge >= 0.3 is 0 Å². The van der Waals surface area contributed by atoms with Gasteiger partial charge < -0.3 is 20.3 Å². The number of carbonyl (C=O) groups is 1. The van der Waals surface area contributed by atoms with E-state index in [1.165, 1.54) is 17.7 Å². The molecule has 1 unspecified atom stereocenters. The Morgan fingerprint density at radius 1 is 1.44 bits per heavy atom. The van der Waals surface area contributed by atoms with Crippen molar-refractivity contribution >= 4 is 31.2 Å². The number of ketones is 1. The van der Waals surface area contributed by atoms with Crippen LogP contribution in [0, 0.1) is 4.77 Å². The maximum absolute atomic E-state index is 12.1. The van der Waals surface area contributed by atoms with Gasteiger partial charge in [-0.15, -0.1) is 13.2 Å². The van der Waals surface area contributed by atoms with Crippen LogP contribution in [0.3, 0.4) is 0 Å². The molecule has 1 aliphatic heterocycles. The minimum atomic E-state index is -1.28. The van der Waals surface area contributed by atoms with Crippen molar-refractivity contribution in [3.8, 4) is 0 Å². The minimum absolute atomic E-state index is 0.0455. The standard InChI is InChI=1S/C17H28N3O5PS/c1-10(21)7-18-8-11-9-20(17(27)19-15(11)24)16-14(23)13(22)12(25-16)5-6-26(2,3)4/h9,12-14,16,18,22-23H,2,5-8H2,1,3-4H3,(H,19,24,27)/t12-,13-,14-,16?/m1/s1. The van der Waals surface area contributed by atoms with Crippen LogP contribution in [-0.4, -0.2) is 76.2 Å². The number of Topliss-reactive ketones (excluding diaryl/α,β-unsaturated/α-hetero) is 1. The van der Waals surface area contributed by atoms with Gasteiger partial charge in [-0.25, -0.2) is 0 Å². The van der Waals surface area contributed by atoms with Crippen LogP contribution in [0.2, 0.25) is 0 Å². The molecule has 0 radical (unpaired) electrons. The lowest BCUT2D eigenvalue weighted by molar-refractivity contribution is -0.116. The third kappa shape index (κ3) is 5.94. The number of hydrogen-bond acceptors (Lipinski definition) is 7. The fraction of sp³-hybridized carbons (Fsp3) is 0.647. The molecule has 1 saturated heterocycles. The third-order valence-corrected chi connectivity index (χ3v) is 6.14. The number of aliphatic hydroxyl groups is 2. The lowest BCUT2D eigenvalue weighted by Crippen LogP contribution is -2.33. The van der Waals surface area contributed by atoms with Crippen molar-refractivity contribution in [3.05, 3.63) is 26.9 Å². The van der Waals surface area contributed by atoms with Gasteiger partial charge in [-0.2, -0.15) is 0 Å². The zero-order chi connectivity index (χ0) is 20.4. The highest BCUT2D eigenvalue weighted by Crippen LogP contribution is 2.39. The largest absolute Gasteiger partial charge is 0.388 e. The molecule has 0 bridgehead atoms. The summed E-state index contributed by atoms with van der Waals surface area (Å²) in [6, 6.07) is 0. The zero-order valence-corrected chi connectivity index (χ0v) is 17.6. The van der Waals surface area contributed by atoms with Crippen molar-refractivity contribution in [2.45, 2.75) is 44.4 Å². The maximum atomic E-state index is 12.1. The highest BCUT2D eigenvalue weighted by atomic mass is 32.1. The van der Waals surface area contributed by atoms with E-state index in [0.717, 1.165) is 6.16 Å². The second-order valence-corrected chi connectivity index (χ2v) is 12.3. The third-order valence-electron chi connectivity index (χ3n) is 4.36. The summed E-state index contributed by atoms with van der Waals surface area (Å²) in [6.45, 7) is 4.67. The number of hydrogen-bond donors (Lipinski definition) is 4. The molecule has 152 valence electrons. The minimum Gasteiger partial charge on any atom is -0.388 e. The fourth-order valence-corrected chi connectivity index (χ4v) is 4.09. The number of H-pyrrole nitrogens is 1.